The minimum Gasteiger partial charge on any atom is -0.504 e. The maximum atomic E-state index is 10.5. The smallest absolute Gasteiger partial charge is 0.165 e. The predicted octanol–water partition coefficient (Wildman–Crippen LogP) is 4.12. The van der Waals surface area contributed by atoms with Crippen LogP contribution in [0.25, 0.3) is 16.9 Å². The van der Waals surface area contributed by atoms with E-state index >= 15 is 0 Å². The maximum absolute atomic E-state index is 10.5. The normalized spacial score (nSPS) is 10.8. The summed E-state index contributed by atoms with van der Waals surface area (Å²) in [7, 11) is 0. The Hall–Kier alpha value is -2.55. The Morgan fingerprint density at radius 2 is 1.67 bits per heavy atom. The van der Waals surface area contributed by atoms with Crippen LogP contribution in [0, 0.1) is 6.92 Å². The minimum atomic E-state index is 0.270. The molecule has 21 heavy (non-hydrogen) atoms. The van der Waals surface area contributed by atoms with Gasteiger partial charge < -0.3 is 5.11 Å². The highest BCUT2D eigenvalue weighted by Crippen LogP contribution is 2.35. The molecule has 0 aliphatic rings. The lowest BCUT2D eigenvalue weighted by Crippen LogP contribution is -2.01. The summed E-state index contributed by atoms with van der Waals surface area (Å²) in [4.78, 5) is 0. The van der Waals surface area contributed by atoms with E-state index in [9.17, 15) is 5.11 Å². The predicted molar refractivity (Wildman–Crippen MR) is 84.8 cm³/mol. The molecule has 0 atom stereocenters. The second kappa shape index (κ2) is 5.44. The van der Waals surface area contributed by atoms with E-state index < -0.39 is 0 Å². The third-order valence-electron chi connectivity index (χ3n) is 3.66. The summed E-state index contributed by atoms with van der Waals surface area (Å²) >= 11 is 0. The number of hydrogen-bond donors (Lipinski definition) is 1. The molecular weight excluding hydrogens is 260 g/mol. The summed E-state index contributed by atoms with van der Waals surface area (Å²) in [6, 6.07) is 17.9. The van der Waals surface area contributed by atoms with E-state index in [1.807, 2.05) is 60.1 Å². The molecule has 3 nitrogen and oxygen atoms in total. The van der Waals surface area contributed by atoms with Crippen molar-refractivity contribution in [3.8, 4) is 22.7 Å². The Labute approximate surface area is 124 Å². The Bertz CT molecular complexity index is 760. The monoisotopic (exact) mass is 278 g/mol. The van der Waals surface area contributed by atoms with Gasteiger partial charge in [-0.15, -0.1) is 0 Å². The third kappa shape index (κ3) is 2.31. The Kier molecular flexibility index (Phi) is 3.48. The first-order valence-corrected chi connectivity index (χ1v) is 7.14. The summed E-state index contributed by atoms with van der Waals surface area (Å²) in [6.45, 7) is 4.05. The topological polar surface area (TPSA) is 38.0 Å². The van der Waals surface area contributed by atoms with Crippen molar-refractivity contribution in [1.82, 2.24) is 9.78 Å². The van der Waals surface area contributed by atoms with Crippen LogP contribution in [-0.2, 0) is 6.42 Å². The molecule has 0 radical (unpaired) electrons. The number of benzene rings is 2. The fourth-order valence-corrected chi connectivity index (χ4v) is 2.52. The second-order valence-corrected chi connectivity index (χ2v) is 5.06. The molecule has 0 bridgehead atoms. The Morgan fingerprint density at radius 1 is 1.00 bits per heavy atom. The van der Waals surface area contributed by atoms with E-state index in [1.165, 1.54) is 0 Å². The quantitative estimate of drug-likeness (QED) is 0.782. The van der Waals surface area contributed by atoms with Crippen LogP contribution in [0.3, 0.4) is 0 Å². The summed E-state index contributed by atoms with van der Waals surface area (Å²) in [5.41, 5.74) is 4.55. The third-order valence-corrected chi connectivity index (χ3v) is 3.66. The lowest BCUT2D eigenvalue weighted by molar-refractivity contribution is 0.471. The Morgan fingerprint density at radius 3 is 2.33 bits per heavy atom. The van der Waals surface area contributed by atoms with Gasteiger partial charge in [0.25, 0.3) is 0 Å². The fraction of sp³-hybridized carbons (Fsp3) is 0.167. The molecule has 3 rings (SSSR count). The van der Waals surface area contributed by atoms with Gasteiger partial charge in [0.2, 0.25) is 0 Å². The Balaban J connectivity index is 2.29. The van der Waals surface area contributed by atoms with Crippen molar-refractivity contribution in [2.24, 2.45) is 0 Å². The van der Waals surface area contributed by atoms with Gasteiger partial charge in [-0.3, -0.25) is 0 Å². The van der Waals surface area contributed by atoms with Crippen LogP contribution in [0.1, 0.15) is 18.2 Å². The summed E-state index contributed by atoms with van der Waals surface area (Å²) in [5, 5.41) is 15.1. The molecule has 106 valence electrons. The van der Waals surface area contributed by atoms with E-state index in [0.717, 1.165) is 28.2 Å². The molecule has 3 aromatic rings. The van der Waals surface area contributed by atoms with Crippen molar-refractivity contribution >= 4 is 0 Å². The molecule has 1 heterocycles. The molecule has 0 saturated carbocycles. The average Bonchev–Trinajstić information content (AvgIpc) is 2.85. The zero-order chi connectivity index (χ0) is 14.8. The van der Waals surface area contributed by atoms with E-state index in [-0.39, 0.29) is 5.75 Å². The molecule has 0 fully saturated rings. The standard InChI is InChI=1S/C18H18N2O/c1-3-15-18(21)17(14-10-5-4-6-11-14)20(19-15)16-12-8-7-9-13(16)2/h4-12,21H,3H2,1-2H3. The van der Waals surface area contributed by atoms with Gasteiger partial charge >= 0.3 is 0 Å². The first-order chi connectivity index (χ1) is 10.2. The summed E-state index contributed by atoms with van der Waals surface area (Å²) < 4.78 is 1.85. The molecular formula is C18H18N2O. The zero-order valence-electron chi connectivity index (χ0n) is 12.2. The zero-order valence-corrected chi connectivity index (χ0v) is 12.2. The van der Waals surface area contributed by atoms with Crippen molar-refractivity contribution in [2.75, 3.05) is 0 Å². The second-order valence-electron chi connectivity index (χ2n) is 5.06. The first-order valence-electron chi connectivity index (χ1n) is 7.14. The number of rotatable bonds is 3. The van der Waals surface area contributed by atoms with Crippen LogP contribution in [0.5, 0.6) is 5.75 Å². The van der Waals surface area contributed by atoms with E-state index in [1.54, 1.807) is 0 Å². The number of nitrogens with zero attached hydrogens (tertiary/aromatic N) is 2. The van der Waals surface area contributed by atoms with Gasteiger partial charge in [-0.05, 0) is 25.0 Å². The van der Waals surface area contributed by atoms with Gasteiger partial charge in [-0.2, -0.15) is 5.10 Å². The largest absolute Gasteiger partial charge is 0.504 e. The van der Waals surface area contributed by atoms with Crippen molar-refractivity contribution < 1.29 is 5.11 Å². The number of aromatic nitrogens is 2. The highest BCUT2D eigenvalue weighted by Gasteiger charge is 2.19. The molecule has 0 aliphatic carbocycles. The molecule has 0 aliphatic heterocycles. The first kappa shape index (κ1) is 13.4. The molecule has 2 aromatic carbocycles. The SMILES string of the molecule is CCc1nn(-c2ccccc2C)c(-c2ccccc2)c1O. The average molecular weight is 278 g/mol. The van der Waals surface area contributed by atoms with Crippen molar-refractivity contribution in [1.29, 1.82) is 0 Å². The summed E-state index contributed by atoms with van der Waals surface area (Å²) in [5.74, 6) is 0.270. The number of aryl methyl sites for hydroxylation is 2. The molecule has 0 unspecified atom stereocenters. The van der Waals surface area contributed by atoms with Gasteiger partial charge in [0, 0.05) is 5.56 Å². The molecule has 0 amide bonds. The summed E-state index contributed by atoms with van der Waals surface area (Å²) in [6.07, 6.45) is 0.699. The number of aromatic hydroxyl groups is 1. The lowest BCUT2D eigenvalue weighted by atomic mass is 10.1. The van der Waals surface area contributed by atoms with Crippen molar-refractivity contribution in [3.05, 3.63) is 65.9 Å². The maximum Gasteiger partial charge on any atom is 0.165 e. The van der Waals surface area contributed by atoms with Crippen LogP contribution in [0.15, 0.2) is 54.6 Å². The van der Waals surface area contributed by atoms with Crippen LogP contribution in [0.2, 0.25) is 0 Å². The molecule has 3 heteroatoms. The van der Waals surface area contributed by atoms with Crippen LogP contribution < -0.4 is 0 Å². The van der Waals surface area contributed by atoms with Crippen molar-refractivity contribution in [2.45, 2.75) is 20.3 Å². The lowest BCUT2D eigenvalue weighted by Gasteiger charge is -2.10. The van der Waals surface area contributed by atoms with Gasteiger partial charge in [-0.1, -0.05) is 55.5 Å². The minimum absolute atomic E-state index is 0.270. The van der Waals surface area contributed by atoms with Gasteiger partial charge in [0.15, 0.2) is 5.75 Å². The number of para-hydroxylation sites is 1. The number of hydrogen-bond acceptors (Lipinski definition) is 2. The van der Waals surface area contributed by atoms with E-state index in [0.29, 0.717) is 6.42 Å². The molecule has 0 saturated heterocycles. The van der Waals surface area contributed by atoms with Gasteiger partial charge in [-0.25, -0.2) is 4.68 Å². The molecule has 1 aromatic heterocycles. The highest BCUT2D eigenvalue weighted by molar-refractivity contribution is 5.70. The fourth-order valence-electron chi connectivity index (χ4n) is 2.52. The highest BCUT2D eigenvalue weighted by atomic mass is 16.3. The molecule has 0 spiro atoms. The van der Waals surface area contributed by atoms with Crippen LogP contribution in [0.4, 0.5) is 0 Å². The van der Waals surface area contributed by atoms with Crippen molar-refractivity contribution in [3.63, 3.8) is 0 Å². The van der Waals surface area contributed by atoms with Gasteiger partial charge in [0.1, 0.15) is 11.4 Å². The van der Waals surface area contributed by atoms with Crippen LogP contribution in [-0.4, -0.2) is 14.9 Å². The van der Waals surface area contributed by atoms with E-state index in [4.69, 9.17) is 0 Å². The van der Waals surface area contributed by atoms with Crippen LogP contribution >= 0.6 is 0 Å². The molecule has 1 N–H and O–H groups in total. The van der Waals surface area contributed by atoms with Gasteiger partial charge in [0.05, 0.1) is 5.69 Å². The van der Waals surface area contributed by atoms with E-state index in [2.05, 4.69) is 18.1 Å².